The fraction of sp³-hybridized carbons (Fsp3) is 0.414. The number of aliphatic hydroxyl groups excluding tert-OH is 1. The molecule has 0 heterocycles. The Kier molecular flexibility index (Phi) is 24.5. The Bertz CT molecular complexity index is 2390. The summed E-state index contributed by atoms with van der Waals surface area (Å²) in [7, 11) is 2.43. The number of hydrogen-bond donors (Lipinski definition) is 6. The van der Waals surface area contributed by atoms with Gasteiger partial charge in [0.15, 0.2) is 0 Å². The standard InChI is InChI=1S/C42H62N6O7.C9H12.C7H8/c1-13-30(16-14-15-17-43)34-28(4)21-29(22-33(34)31-19-26(2)18-27(3)20-31)24-48(47-38(51)36(42(8,9)10)46-40(53)55-12)25-32(49)23-44-37(50)35(41(5,6)7)45-39(52)54-11;1-7-4-8(2)6-9(3)5-7;1-7-5-3-2-4-6-7/h13-22,32,35-36,49H,23-25,43H2,1-12H3,(H,44,50)(H,45,52)(H,46,53)(H,47,51);4-6H,1-3H3;2-6H,1H3/b16-14-,17-15-,30-13-;;. The highest BCUT2D eigenvalue weighted by molar-refractivity contribution is 5.89. The number of allylic oxidation sites excluding steroid dienone is 5. The molecule has 386 valence electrons. The number of alkyl carbamates (subject to hydrolysis) is 2. The summed E-state index contributed by atoms with van der Waals surface area (Å²) in [5.41, 5.74) is 20.5. The molecule has 7 N–H and O–H groups in total. The highest BCUT2D eigenvalue weighted by Crippen LogP contribution is 2.35. The summed E-state index contributed by atoms with van der Waals surface area (Å²) >= 11 is 0. The van der Waals surface area contributed by atoms with Crippen LogP contribution in [0.4, 0.5) is 9.59 Å². The molecule has 3 unspecified atom stereocenters. The Balaban J connectivity index is 0.000000901. The number of methoxy groups -OCH3 is 2. The van der Waals surface area contributed by atoms with Crippen molar-refractivity contribution in [2.24, 2.45) is 16.6 Å². The predicted molar refractivity (Wildman–Crippen MR) is 289 cm³/mol. The second kappa shape index (κ2) is 28.8. The van der Waals surface area contributed by atoms with Crippen LogP contribution >= 0.6 is 0 Å². The number of aliphatic hydroxyl groups is 1. The van der Waals surface area contributed by atoms with E-state index in [9.17, 15) is 24.3 Å². The van der Waals surface area contributed by atoms with Crippen molar-refractivity contribution in [1.29, 1.82) is 0 Å². The molecule has 0 aromatic heterocycles. The van der Waals surface area contributed by atoms with Gasteiger partial charge in [-0.1, -0.05) is 166 Å². The van der Waals surface area contributed by atoms with E-state index >= 15 is 0 Å². The predicted octanol–water partition coefficient (Wildman–Crippen LogP) is 10.2. The lowest BCUT2D eigenvalue weighted by molar-refractivity contribution is -0.132. The summed E-state index contributed by atoms with van der Waals surface area (Å²) < 4.78 is 9.50. The van der Waals surface area contributed by atoms with Gasteiger partial charge < -0.3 is 36.3 Å². The van der Waals surface area contributed by atoms with Crippen molar-refractivity contribution in [3.63, 3.8) is 0 Å². The SMILES string of the molecule is C/C=C(/C=C\C=C/N)c1c(C)cc(CN(CC(O)CNC(=O)C(NC(=O)OC)C(C)(C)C)NC(=O)C(NC(=O)OC)C(C)(C)C)cc1-c1cc(C)cc(C)c1.Cc1cc(C)cc(C)c1.Cc1ccccc1. The Labute approximate surface area is 424 Å². The highest BCUT2D eigenvalue weighted by atomic mass is 16.5. The topological polar surface area (TPSA) is 184 Å². The molecule has 0 saturated carbocycles. The van der Waals surface area contributed by atoms with Crippen LogP contribution < -0.4 is 27.1 Å². The first kappa shape index (κ1) is 60.4. The molecule has 13 nitrogen and oxygen atoms in total. The number of nitrogens with zero attached hydrogens (tertiary/aromatic N) is 1. The van der Waals surface area contributed by atoms with Gasteiger partial charge in [0, 0.05) is 19.6 Å². The van der Waals surface area contributed by atoms with E-state index in [0.717, 1.165) is 44.5 Å². The normalized spacial score (nSPS) is 13.0. The minimum Gasteiger partial charge on any atom is -0.453 e. The number of hydrogen-bond acceptors (Lipinski definition) is 9. The lowest BCUT2D eigenvalue weighted by Crippen LogP contribution is -2.58. The number of ether oxygens (including phenoxy) is 2. The Morgan fingerprint density at radius 3 is 1.58 bits per heavy atom. The van der Waals surface area contributed by atoms with Crippen LogP contribution in [0, 0.1) is 59.3 Å². The Morgan fingerprint density at radius 1 is 0.676 bits per heavy atom. The number of carbonyl (C=O) groups excluding carboxylic acids is 4. The maximum atomic E-state index is 13.9. The van der Waals surface area contributed by atoms with Gasteiger partial charge >= 0.3 is 12.2 Å². The van der Waals surface area contributed by atoms with Gasteiger partial charge in [-0.2, -0.15) is 0 Å². The summed E-state index contributed by atoms with van der Waals surface area (Å²) in [4.78, 5) is 51.4. The van der Waals surface area contributed by atoms with Crippen molar-refractivity contribution in [3.8, 4) is 11.1 Å². The van der Waals surface area contributed by atoms with Crippen LogP contribution in [-0.4, -0.2) is 79.6 Å². The fourth-order valence-corrected chi connectivity index (χ4v) is 7.91. The van der Waals surface area contributed by atoms with E-state index in [-0.39, 0.29) is 19.6 Å². The minimum atomic E-state index is -1.17. The maximum Gasteiger partial charge on any atom is 0.407 e. The first-order valence-electron chi connectivity index (χ1n) is 23.9. The van der Waals surface area contributed by atoms with Gasteiger partial charge in [0.1, 0.15) is 12.1 Å². The number of amides is 4. The summed E-state index contributed by atoms with van der Waals surface area (Å²) in [6.45, 7) is 27.2. The first-order chi connectivity index (χ1) is 33.2. The zero-order chi connectivity index (χ0) is 53.6. The molecule has 3 atom stereocenters. The summed E-state index contributed by atoms with van der Waals surface area (Å²) in [5.74, 6) is -1.04. The van der Waals surface area contributed by atoms with Crippen LogP contribution in [0.15, 0.2) is 109 Å². The largest absolute Gasteiger partial charge is 0.453 e. The van der Waals surface area contributed by atoms with Crippen LogP contribution in [0.3, 0.4) is 0 Å². The number of rotatable bonds is 15. The van der Waals surface area contributed by atoms with Crippen LogP contribution in [0.2, 0.25) is 0 Å². The number of aryl methyl sites for hydroxylation is 7. The number of nitrogens with two attached hydrogens (primary N) is 1. The molecule has 4 rings (SSSR count). The third-order valence-electron chi connectivity index (χ3n) is 11.1. The number of benzene rings is 4. The zero-order valence-electron chi connectivity index (χ0n) is 45.2. The first-order valence-corrected chi connectivity index (χ1v) is 23.9. The van der Waals surface area contributed by atoms with Crippen LogP contribution in [0.25, 0.3) is 16.7 Å². The smallest absolute Gasteiger partial charge is 0.407 e. The second-order valence-corrected chi connectivity index (χ2v) is 20.1. The molecule has 71 heavy (non-hydrogen) atoms. The van der Waals surface area contributed by atoms with Crippen molar-refractivity contribution in [2.75, 3.05) is 27.3 Å². The molecule has 13 heteroatoms. The number of carbonyl (C=O) groups is 4. The lowest BCUT2D eigenvalue weighted by Gasteiger charge is -2.33. The minimum absolute atomic E-state index is 0.111. The molecule has 0 fully saturated rings. The van der Waals surface area contributed by atoms with Crippen molar-refractivity contribution in [3.05, 3.63) is 159 Å². The Hall–Kier alpha value is -6.70. The van der Waals surface area contributed by atoms with Crippen molar-refractivity contribution >= 4 is 29.6 Å². The quantitative estimate of drug-likeness (QED) is 0.0499. The maximum absolute atomic E-state index is 13.9. The molecule has 0 saturated heterocycles. The molecule has 0 bridgehead atoms. The lowest BCUT2D eigenvalue weighted by atomic mass is 9.86. The average molecular weight is 975 g/mol. The van der Waals surface area contributed by atoms with E-state index in [1.165, 1.54) is 42.7 Å². The van der Waals surface area contributed by atoms with Gasteiger partial charge in [0.05, 0.1) is 20.3 Å². The van der Waals surface area contributed by atoms with Crippen molar-refractivity contribution < 1.29 is 33.8 Å². The molecule has 0 spiro atoms. The molecule has 0 aliphatic carbocycles. The third-order valence-corrected chi connectivity index (χ3v) is 11.1. The summed E-state index contributed by atoms with van der Waals surface area (Å²) in [5, 5.41) is 20.8. The van der Waals surface area contributed by atoms with Gasteiger partial charge in [-0.15, -0.1) is 0 Å². The van der Waals surface area contributed by atoms with E-state index in [2.05, 4.69) is 118 Å². The van der Waals surface area contributed by atoms with Gasteiger partial charge in [-0.05, 0) is 118 Å². The van der Waals surface area contributed by atoms with Crippen LogP contribution in [0.1, 0.15) is 98.5 Å². The molecule has 4 aromatic rings. The number of nitrogens with one attached hydrogen (secondary N) is 4. The zero-order valence-corrected chi connectivity index (χ0v) is 45.2. The molecule has 4 aromatic carbocycles. The van der Waals surface area contributed by atoms with E-state index in [0.29, 0.717) is 0 Å². The molecule has 4 amide bonds. The van der Waals surface area contributed by atoms with Crippen molar-refractivity contribution in [2.45, 2.75) is 122 Å². The van der Waals surface area contributed by atoms with Crippen LogP contribution in [0.5, 0.6) is 0 Å². The van der Waals surface area contributed by atoms with E-state index in [4.69, 9.17) is 15.2 Å². The van der Waals surface area contributed by atoms with Gasteiger partial charge in [-0.25, -0.2) is 14.6 Å². The monoisotopic (exact) mass is 975 g/mol. The van der Waals surface area contributed by atoms with Crippen molar-refractivity contribution in [1.82, 2.24) is 26.4 Å². The van der Waals surface area contributed by atoms with E-state index in [1.54, 1.807) is 31.9 Å². The summed E-state index contributed by atoms with van der Waals surface area (Å²) in [6, 6.07) is 25.3. The van der Waals surface area contributed by atoms with Gasteiger partial charge in [0.25, 0.3) is 5.91 Å². The molecular formula is C58H82N6O7. The third kappa shape index (κ3) is 21.5. The molecule has 0 radical (unpaired) electrons. The number of hydrazine groups is 1. The molecular weight excluding hydrogens is 893 g/mol. The van der Waals surface area contributed by atoms with E-state index in [1.807, 2.05) is 77.1 Å². The summed E-state index contributed by atoms with van der Waals surface area (Å²) in [6.07, 6.45) is 6.47. The second-order valence-electron chi connectivity index (χ2n) is 20.1. The molecule has 0 aliphatic rings. The average Bonchev–Trinajstić information content (AvgIpc) is 3.27. The van der Waals surface area contributed by atoms with Gasteiger partial charge in [0.2, 0.25) is 5.91 Å². The Morgan fingerprint density at radius 2 is 1.15 bits per heavy atom. The fourth-order valence-electron chi connectivity index (χ4n) is 7.91. The molecule has 0 aliphatic heterocycles. The van der Waals surface area contributed by atoms with E-state index < -0.39 is 53.0 Å². The highest BCUT2D eigenvalue weighted by Gasteiger charge is 2.35. The van der Waals surface area contributed by atoms with Gasteiger partial charge in [-0.3, -0.25) is 15.0 Å². The van der Waals surface area contributed by atoms with Crippen LogP contribution in [-0.2, 0) is 25.6 Å².